The molecule has 0 radical (unpaired) electrons. The van der Waals surface area contributed by atoms with Crippen LogP contribution in [0.5, 0.6) is 0 Å². The lowest BCUT2D eigenvalue weighted by atomic mass is 10.0. The van der Waals surface area contributed by atoms with Gasteiger partial charge in [0, 0.05) is 31.7 Å². The number of hydrogen-bond donors (Lipinski definition) is 2. The van der Waals surface area contributed by atoms with Crippen LogP contribution in [0.3, 0.4) is 0 Å². The molecule has 2 aliphatic rings. The van der Waals surface area contributed by atoms with Crippen molar-refractivity contribution in [3.8, 4) is 0 Å². The predicted molar refractivity (Wildman–Crippen MR) is 54.9 cm³/mol. The molecule has 3 nitrogen and oxygen atoms in total. The first-order valence-electron chi connectivity index (χ1n) is 5.54. The number of piperidine rings is 1. The second-order valence-corrected chi connectivity index (χ2v) is 4.33. The van der Waals surface area contributed by atoms with Crippen LogP contribution in [0, 0.1) is 0 Å². The Bertz CT molecular complexity index is 154. The van der Waals surface area contributed by atoms with Crippen LogP contribution in [0.4, 0.5) is 0 Å². The van der Waals surface area contributed by atoms with Gasteiger partial charge in [0.1, 0.15) is 0 Å². The van der Waals surface area contributed by atoms with E-state index >= 15 is 0 Å². The Morgan fingerprint density at radius 2 is 1.92 bits per heavy atom. The Kier molecular flexibility index (Phi) is 3.19. The first-order valence-corrected chi connectivity index (χ1v) is 5.54. The summed E-state index contributed by atoms with van der Waals surface area (Å²) in [6.45, 7) is 8.37. The summed E-state index contributed by atoms with van der Waals surface area (Å²) in [6.07, 6.45) is 2.68. The molecule has 2 fully saturated rings. The van der Waals surface area contributed by atoms with Crippen molar-refractivity contribution in [1.82, 2.24) is 15.5 Å². The van der Waals surface area contributed by atoms with E-state index in [1.54, 1.807) is 0 Å². The predicted octanol–water partition coefficient (Wildman–Crippen LogP) is 0.0321. The SMILES string of the molecule is C[C@@H]1CN(C2CCNCC2)CCN1. The quantitative estimate of drug-likeness (QED) is 0.601. The Hall–Kier alpha value is -0.120. The van der Waals surface area contributed by atoms with E-state index in [4.69, 9.17) is 0 Å². The summed E-state index contributed by atoms with van der Waals surface area (Å²) in [5.41, 5.74) is 0. The van der Waals surface area contributed by atoms with Crippen LogP contribution in [0.25, 0.3) is 0 Å². The molecule has 3 heteroatoms. The first-order chi connectivity index (χ1) is 6.36. The summed E-state index contributed by atoms with van der Waals surface area (Å²) in [6, 6.07) is 1.54. The number of rotatable bonds is 1. The van der Waals surface area contributed by atoms with Crippen molar-refractivity contribution in [2.24, 2.45) is 0 Å². The lowest BCUT2D eigenvalue weighted by Gasteiger charge is -2.39. The average Bonchev–Trinajstić information content (AvgIpc) is 2.19. The van der Waals surface area contributed by atoms with E-state index in [0.29, 0.717) is 6.04 Å². The van der Waals surface area contributed by atoms with Crippen LogP contribution >= 0.6 is 0 Å². The van der Waals surface area contributed by atoms with Gasteiger partial charge in [0.25, 0.3) is 0 Å². The van der Waals surface area contributed by atoms with Crippen molar-refractivity contribution in [2.45, 2.75) is 31.8 Å². The molecule has 0 aromatic heterocycles. The van der Waals surface area contributed by atoms with Gasteiger partial charge in [-0.3, -0.25) is 4.90 Å². The van der Waals surface area contributed by atoms with Crippen molar-refractivity contribution in [3.05, 3.63) is 0 Å². The van der Waals surface area contributed by atoms with Crippen LogP contribution in [0.1, 0.15) is 19.8 Å². The van der Waals surface area contributed by atoms with Crippen molar-refractivity contribution in [2.75, 3.05) is 32.7 Å². The first kappa shape index (κ1) is 9.44. The number of nitrogens with one attached hydrogen (secondary N) is 2. The van der Waals surface area contributed by atoms with Gasteiger partial charge in [-0.1, -0.05) is 0 Å². The average molecular weight is 183 g/mol. The van der Waals surface area contributed by atoms with Crippen molar-refractivity contribution < 1.29 is 0 Å². The fraction of sp³-hybridized carbons (Fsp3) is 1.00. The normalized spacial score (nSPS) is 33.5. The summed E-state index contributed by atoms with van der Waals surface area (Å²) < 4.78 is 0. The maximum Gasteiger partial charge on any atom is 0.0167 e. The molecule has 2 rings (SSSR count). The molecule has 0 unspecified atom stereocenters. The highest BCUT2D eigenvalue weighted by Gasteiger charge is 2.24. The molecule has 2 saturated heterocycles. The van der Waals surface area contributed by atoms with Crippen molar-refractivity contribution in [3.63, 3.8) is 0 Å². The minimum absolute atomic E-state index is 0.684. The topological polar surface area (TPSA) is 27.3 Å². The molecule has 2 N–H and O–H groups in total. The Balaban J connectivity index is 1.83. The Labute approximate surface area is 80.9 Å². The van der Waals surface area contributed by atoms with E-state index in [0.717, 1.165) is 6.04 Å². The van der Waals surface area contributed by atoms with Gasteiger partial charge < -0.3 is 10.6 Å². The lowest BCUT2D eigenvalue weighted by molar-refractivity contribution is 0.124. The van der Waals surface area contributed by atoms with Gasteiger partial charge in [-0.15, -0.1) is 0 Å². The number of hydrogen-bond acceptors (Lipinski definition) is 3. The van der Waals surface area contributed by atoms with Crippen LogP contribution in [0.2, 0.25) is 0 Å². The highest BCUT2D eigenvalue weighted by molar-refractivity contribution is 4.83. The van der Waals surface area contributed by atoms with Gasteiger partial charge in [0.05, 0.1) is 0 Å². The molecule has 2 aliphatic heterocycles. The van der Waals surface area contributed by atoms with Crippen LogP contribution in [-0.4, -0.2) is 49.7 Å². The van der Waals surface area contributed by atoms with Gasteiger partial charge in [-0.05, 0) is 32.9 Å². The lowest BCUT2D eigenvalue weighted by Crippen LogP contribution is -2.54. The summed E-state index contributed by atoms with van der Waals surface area (Å²) in [5, 5.41) is 6.92. The molecule has 13 heavy (non-hydrogen) atoms. The van der Waals surface area contributed by atoms with Crippen molar-refractivity contribution >= 4 is 0 Å². The molecule has 2 heterocycles. The number of nitrogens with zero attached hydrogens (tertiary/aromatic N) is 1. The van der Waals surface area contributed by atoms with Crippen LogP contribution in [-0.2, 0) is 0 Å². The van der Waals surface area contributed by atoms with Gasteiger partial charge in [-0.2, -0.15) is 0 Å². The molecule has 0 saturated carbocycles. The maximum atomic E-state index is 3.49. The van der Waals surface area contributed by atoms with Gasteiger partial charge in [-0.25, -0.2) is 0 Å². The minimum Gasteiger partial charge on any atom is -0.317 e. The van der Waals surface area contributed by atoms with E-state index in [2.05, 4.69) is 22.5 Å². The zero-order valence-corrected chi connectivity index (χ0v) is 8.55. The van der Waals surface area contributed by atoms with E-state index in [-0.39, 0.29) is 0 Å². The number of piperazine rings is 1. The summed E-state index contributed by atoms with van der Waals surface area (Å²) in [7, 11) is 0. The Morgan fingerprint density at radius 1 is 1.15 bits per heavy atom. The molecule has 0 bridgehead atoms. The molecule has 0 aliphatic carbocycles. The largest absolute Gasteiger partial charge is 0.317 e. The molecule has 76 valence electrons. The van der Waals surface area contributed by atoms with Crippen molar-refractivity contribution in [1.29, 1.82) is 0 Å². The molecule has 0 aromatic rings. The molecular weight excluding hydrogens is 162 g/mol. The van der Waals surface area contributed by atoms with E-state index in [1.165, 1.54) is 45.6 Å². The second kappa shape index (κ2) is 4.40. The molecular formula is C10H21N3. The highest BCUT2D eigenvalue weighted by Crippen LogP contribution is 2.13. The van der Waals surface area contributed by atoms with Gasteiger partial charge in [0.15, 0.2) is 0 Å². The second-order valence-electron chi connectivity index (χ2n) is 4.33. The van der Waals surface area contributed by atoms with E-state index in [1.807, 2.05) is 0 Å². The Morgan fingerprint density at radius 3 is 2.62 bits per heavy atom. The molecule has 0 amide bonds. The maximum absolute atomic E-state index is 3.49. The fourth-order valence-electron chi connectivity index (χ4n) is 2.47. The van der Waals surface area contributed by atoms with Gasteiger partial charge >= 0.3 is 0 Å². The van der Waals surface area contributed by atoms with Gasteiger partial charge in [0.2, 0.25) is 0 Å². The third-order valence-corrected chi connectivity index (χ3v) is 3.23. The molecule has 1 atom stereocenters. The van der Waals surface area contributed by atoms with E-state index < -0.39 is 0 Å². The zero-order valence-electron chi connectivity index (χ0n) is 8.55. The fourth-order valence-corrected chi connectivity index (χ4v) is 2.47. The monoisotopic (exact) mass is 183 g/mol. The summed E-state index contributed by atoms with van der Waals surface area (Å²) in [4.78, 5) is 2.67. The zero-order chi connectivity index (χ0) is 9.10. The summed E-state index contributed by atoms with van der Waals surface area (Å²) in [5.74, 6) is 0. The smallest absolute Gasteiger partial charge is 0.0167 e. The minimum atomic E-state index is 0.684. The molecule has 0 spiro atoms. The highest BCUT2D eigenvalue weighted by atomic mass is 15.2. The standard InChI is InChI=1S/C10H21N3/c1-9-8-13(7-6-12-9)10-2-4-11-5-3-10/h9-12H,2-8H2,1H3/t9-/m1/s1. The third-order valence-electron chi connectivity index (χ3n) is 3.23. The van der Waals surface area contributed by atoms with Crippen LogP contribution in [0.15, 0.2) is 0 Å². The van der Waals surface area contributed by atoms with E-state index in [9.17, 15) is 0 Å². The summed E-state index contributed by atoms with van der Waals surface area (Å²) >= 11 is 0. The third kappa shape index (κ3) is 2.42. The molecule has 0 aromatic carbocycles. The van der Waals surface area contributed by atoms with Crippen LogP contribution < -0.4 is 10.6 Å².